The van der Waals surface area contributed by atoms with Gasteiger partial charge in [0, 0.05) is 26.6 Å². The van der Waals surface area contributed by atoms with Crippen LogP contribution in [0, 0.1) is 6.92 Å². The maximum absolute atomic E-state index is 5.82. The molecule has 0 spiro atoms. The van der Waals surface area contributed by atoms with Gasteiger partial charge in [0.1, 0.15) is 17.8 Å². The molecule has 2 aromatic rings. The van der Waals surface area contributed by atoms with Crippen LogP contribution >= 0.6 is 0 Å². The number of morpholine rings is 1. The number of aryl methyl sites for hydroxylation is 1. The van der Waals surface area contributed by atoms with Crippen molar-refractivity contribution in [2.45, 2.75) is 32.8 Å². The number of nitrogens with zero attached hydrogens (tertiary/aromatic N) is 7. The number of H-pyrrole nitrogens is 1. The summed E-state index contributed by atoms with van der Waals surface area (Å²) in [6, 6.07) is 0. The Labute approximate surface area is 141 Å². The first-order valence-electron chi connectivity index (χ1n) is 8.12. The van der Waals surface area contributed by atoms with Crippen LogP contribution in [0.4, 0.5) is 11.9 Å². The molecule has 0 bridgehead atoms. The monoisotopic (exact) mass is 332 g/mol. The Morgan fingerprint density at radius 1 is 1.21 bits per heavy atom. The van der Waals surface area contributed by atoms with Gasteiger partial charge < -0.3 is 14.5 Å². The molecule has 2 aromatic heterocycles. The van der Waals surface area contributed by atoms with Gasteiger partial charge in [-0.15, -0.1) is 0 Å². The number of nitrogens with one attached hydrogen (secondary N) is 1. The van der Waals surface area contributed by atoms with Crippen LogP contribution in [0.3, 0.4) is 0 Å². The Kier molecular flexibility index (Phi) is 4.61. The lowest BCUT2D eigenvalue weighted by atomic mass is 10.2. The summed E-state index contributed by atoms with van der Waals surface area (Å²) in [6.07, 6.45) is -0.189. The largest absolute Gasteiger partial charge is 0.366 e. The van der Waals surface area contributed by atoms with Crippen molar-refractivity contribution in [3.8, 4) is 0 Å². The van der Waals surface area contributed by atoms with Crippen molar-refractivity contribution in [3.63, 3.8) is 0 Å². The van der Waals surface area contributed by atoms with E-state index in [1.165, 1.54) is 0 Å². The Hall–Kier alpha value is -2.29. The summed E-state index contributed by atoms with van der Waals surface area (Å²) >= 11 is 0. The van der Waals surface area contributed by atoms with E-state index in [2.05, 4.69) is 48.9 Å². The third-order valence-electron chi connectivity index (χ3n) is 3.80. The molecule has 1 atom stereocenters. The highest BCUT2D eigenvalue weighted by atomic mass is 16.5. The second kappa shape index (κ2) is 6.68. The minimum absolute atomic E-state index is 0.189. The third-order valence-corrected chi connectivity index (χ3v) is 3.80. The molecule has 1 fully saturated rings. The fraction of sp³-hybridized carbons (Fsp3) is 0.667. The molecule has 130 valence electrons. The van der Waals surface area contributed by atoms with E-state index in [-0.39, 0.29) is 12.0 Å². The van der Waals surface area contributed by atoms with Crippen LogP contribution in [-0.4, -0.2) is 63.9 Å². The first kappa shape index (κ1) is 16.6. The van der Waals surface area contributed by atoms with Crippen LogP contribution in [0.2, 0.25) is 0 Å². The van der Waals surface area contributed by atoms with Gasteiger partial charge >= 0.3 is 0 Å². The molecule has 3 rings (SSSR count). The van der Waals surface area contributed by atoms with Crippen LogP contribution in [-0.2, 0) is 4.74 Å². The van der Waals surface area contributed by atoms with E-state index in [0.29, 0.717) is 30.9 Å². The summed E-state index contributed by atoms with van der Waals surface area (Å²) in [4.78, 5) is 22.1. The van der Waals surface area contributed by atoms with E-state index >= 15 is 0 Å². The predicted octanol–water partition coefficient (Wildman–Crippen LogP) is 1.07. The van der Waals surface area contributed by atoms with Gasteiger partial charge in [-0.3, -0.25) is 5.10 Å². The Morgan fingerprint density at radius 3 is 2.62 bits per heavy atom. The number of aromatic nitrogens is 6. The minimum Gasteiger partial charge on any atom is -0.366 e. The van der Waals surface area contributed by atoms with Crippen molar-refractivity contribution in [2.24, 2.45) is 0 Å². The molecule has 1 saturated heterocycles. The average molecular weight is 332 g/mol. The molecule has 0 amide bonds. The summed E-state index contributed by atoms with van der Waals surface area (Å²) in [6.45, 7) is 7.97. The van der Waals surface area contributed by atoms with Crippen molar-refractivity contribution in [2.75, 3.05) is 43.6 Å². The predicted molar refractivity (Wildman–Crippen MR) is 90.3 cm³/mol. The maximum atomic E-state index is 5.82. The number of aromatic amines is 1. The molecule has 9 nitrogen and oxygen atoms in total. The molecule has 0 aromatic carbocycles. The van der Waals surface area contributed by atoms with Gasteiger partial charge in [-0.1, -0.05) is 13.8 Å². The van der Waals surface area contributed by atoms with E-state index in [9.17, 15) is 0 Å². The van der Waals surface area contributed by atoms with E-state index in [1.807, 2.05) is 25.9 Å². The lowest BCUT2D eigenvalue weighted by Gasteiger charge is -2.32. The SMILES string of the molecule is Cc1nc(C2CN(c3nc(C(C)C)nc(N(C)C)n3)CCO2)n[nH]1. The lowest BCUT2D eigenvalue weighted by molar-refractivity contribution is 0.0336. The number of anilines is 2. The zero-order valence-electron chi connectivity index (χ0n) is 14.8. The van der Waals surface area contributed by atoms with Crippen LogP contribution < -0.4 is 9.80 Å². The molecule has 0 radical (unpaired) electrons. The second-order valence-corrected chi connectivity index (χ2v) is 6.43. The first-order chi connectivity index (χ1) is 11.4. The molecule has 24 heavy (non-hydrogen) atoms. The topological polar surface area (TPSA) is 96.0 Å². The van der Waals surface area contributed by atoms with Gasteiger partial charge in [0.2, 0.25) is 11.9 Å². The van der Waals surface area contributed by atoms with E-state index < -0.39 is 0 Å². The van der Waals surface area contributed by atoms with Crippen molar-refractivity contribution < 1.29 is 4.74 Å². The average Bonchev–Trinajstić information content (AvgIpc) is 3.01. The standard InChI is InChI=1S/C15H24N8O/c1-9(2)12-17-14(22(4)5)19-15(18-12)23-6-7-24-11(8-23)13-16-10(3)20-21-13/h9,11H,6-8H2,1-5H3,(H,16,20,21). The molecular weight excluding hydrogens is 308 g/mol. The Balaban J connectivity index is 1.87. The van der Waals surface area contributed by atoms with Gasteiger partial charge in [-0.25, -0.2) is 4.98 Å². The molecule has 1 N–H and O–H groups in total. The van der Waals surface area contributed by atoms with Crippen molar-refractivity contribution in [1.82, 2.24) is 30.1 Å². The fourth-order valence-corrected chi connectivity index (χ4v) is 2.46. The number of rotatable bonds is 4. The van der Waals surface area contributed by atoms with E-state index in [0.717, 1.165) is 18.2 Å². The lowest BCUT2D eigenvalue weighted by Crippen LogP contribution is -2.40. The number of hydrogen-bond donors (Lipinski definition) is 1. The highest BCUT2D eigenvalue weighted by molar-refractivity contribution is 5.39. The molecule has 9 heteroatoms. The van der Waals surface area contributed by atoms with Gasteiger partial charge in [0.25, 0.3) is 0 Å². The normalized spacial score (nSPS) is 18.2. The van der Waals surface area contributed by atoms with Crippen LogP contribution in [0.15, 0.2) is 0 Å². The van der Waals surface area contributed by atoms with Crippen molar-refractivity contribution >= 4 is 11.9 Å². The maximum Gasteiger partial charge on any atom is 0.230 e. The Bertz CT molecular complexity index is 672. The third kappa shape index (κ3) is 3.45. The fourth-order valence-electron chi connectivity index (χ4n) is 2.46. The smallest absolute Gasteiger partial charge is 0.230 e. The molecule has 1 unspecified atom stereocenters. The number of hydrogen-bond acceptors (Lipinski definition) is 8. The summed E-state index contributed by atoms with van der Waals surface area (Å²) in [7, 11) is 3.86. The van der Waals surface area contributed by atoms with Crippen LogP contribution in [0.5, 0.6) is 0 Å². The van der Waals surface area contributed by atoms with E-state index in [4.69, 9.17) is 4.74 Å². The van der Waals surface area contributed by atoms with Crippen LogP contribution in [0.25, 0.3) is 0 Å². The molecule has 1 aliphatic heterocycles. The molecule has 3 heterocycles. The van der Waals surface area contributed by atoms with Crippen LogP contribution in [0.1, 0.15) is 43.3 Å². The van der Waals surface area contributed by atoms with Gasteiger partial charge in [0.15, 0.2) is 5.82 Å². The molecule has 0 saturated carbocycles. The highest BCUT2D eigenvalue weighted by Crippen LogP contribution is 2.24. The molecule has 1 aliphatic rings. The summed E-state index contributed by atoms with van der Waals surface area (Å²) in [5.74, 6) is 3.82. The summed E-state index contributed by atoms with van der Waals surface area (Å²) in [5.41, 5.74) is 0. The van der Waals surface area contributed by atoms with Crippen molar-refractivity contribution in [1.29, 1.82) is 0 Å². The van der Waals surface area contributed by atoms with Gasteiger partial charge in [0.05, 0.1) is 13.2 Å². The zero-order chi connectivity index (χ0) is 17.3. The highest BCUT2D eigenvalue weighted by Gasteiger charge is 2.27. The molecule has 0 aliphatic carbocycles. The van der Waals surface area contributed by atoms with Gasteiger partial charge in [-0.2, -0.15) is 20.1 Å². The van der Waals surface area contributed by atoms with Crippen molar-refractivity contribution in [3.05, 3.63) is 17.5 Å². The summed E-state index contributed by atoms with van der Waals surface area (Å²) < 4.78 is 5.82. The zero-order valence-corrected chi connectivity index (χ0v) is 14.8. The first-order valence-corrected chi connectivity index (χ1v) is 8.12. The van der Waals surface area contributed by atoms with E-state index in [1.54, 1.807) is 0 Å². The minimum atomic E-state index is -0.189. The Morgan fingerprint density at radius 2 is 2.00 bits per heavy atom. The summed E-state index contributed by atoms with van der Waals surface area (Å²) in [5, 5.41) is 7.07. The molecular formula is C15H24N8O. The number of ether oxygens (including phenoxy) is 1. The van der Waals surface area contributed by atoms with Gasteiger partial charge in [-0.05, 0) is 6.92 Å². The second-order valence-electron chi connectivity index (χ2n) is 6.43. The quantitative estimate of drug-likeness (QED) is 0.888.